The summed E-state index contributed by atoms with van der Waals surface area (Å²) in [7, 11) is 0. The quantitative estimate of drug-likeness (QED) is 0.796. The summed E-state index contributed by atoms with van der Waals surface area (Å²) in [5.74, 6) is 0.925. The van der Waals surface area contributed by atoms with Crippen molar-refractivity contribution >= 4 is 11.6 Å². The van der Waals surface area contributed by atoms with Crippen molar-refractivity contribution in [3.8, 4) is 5.88 Å². The Labute approximate surface area is 129 Å². The molecule has 1 unspecified atom stereocenters. The number of rotatable bonds is 5. The fraction of sp³-hybridized carbons (Fsp3) is 0.375. The number of halogens is 1. The van der Waals surface area contributed by atoms with Gasteiger partial charge >= 0.3 is 0 Å². The van der Waals surface area contributed by atoms with Gasteiger partial charge in [0.15, 0.2) is 0 Å². The number of aromatic nitrogens is 2. The predicted molar refractivity (Wildman–Crippen MR) is 82.3 cm³/mol. The molecule has 0 aliphatic carbocycles. The lowest BCUT2D eigenvalue weighted by Gasteiger charge is -2.16. The van der Waals surface area contributed by atoms with E-state index >= 15 is 0 Å². The Hall–Kier alpha value is -1.65. The van der Waals surface area contributed by atoms with E-state index in [2.05, 4.69) is 39.1 Å². The van der Waals surface area contributed by atoms with Crippen LogP contribution >= 0.6 is 11.6 Å². The van der Waals surface area contributed by atoms with Crippen LogP contribution in [0.1, 0.15) is 17.7 Å². The summed E-state index contributed by atoms with van der Waals surface area (Å²) in [4.78, 5) is 10.8. The van der Waals surface area contributed by atoms with E-state index < -0.39 is 0 Å². The average Bonchev–Trinajstić information content (AvgIpc) is 2.95. The maximum absolute atomic E-state index is 5.91. The molecule has 0 N–H and O–H groups in total. The normalized spacial score (nSPS) is 18.8. The van der Waals surface area contributed by atoms with Gasteiger partial charge in [0, 0.05) is 25.8 Å². The highest BCUT2D eigenvalue weighted by Gasteiger charge is 2.24. The molecule has 1 atom stereocenters. The van der Waals surface area contributed by atoms with Gasteiger partial charge in [-0.1, -0.05) is 30.3 Å². The molecule has 0 radical (unpaired) electrons. The number of likely N-dealkylation sites (tertiary alicyclic amines) is 1. The van der Waals surface area contributed by atoms with E-state index in [1.54, 1.807) is 12.4 Å². The number of hydrogen-bond acceptors (Lipinski definition) is 4. The lowest BCUT2D eigenvalue weighted by atomic mass is 10.2. The Kier molecular flexibility index (Phi) is 4.68. The molecule has 5 heteroatoms. The second-order valence-electron chi connectivity index (χ2n) is 5.23. The molecule has 0 bridgehead atoms. The van der Waals surface area contributed by atoms with E-state index in [9.17, 15) is 0 Å². The molecule has 2 heterocycles. The van der Waals surface area contributed by atoms with Crippen LogP contribution in [0, 0.1) is 0 Å². The van der Waals surface area contributed by atoms with E-state index in [4.69, 9.17) is 16.3 Å². The molecule has 0 saturated carbocycles. The van der Waals surface area contributed by atoms with Gasteiger partial charge in [0.1, 0.15) is 6.10 Å². The van der Waals surface area contributed by atoms with Gasteiger partial charge in [0.05, 0.1) is 17.8 Å². The monoisotopic (exact) mass is 303 g/mol. The number of nitrogens with zero attached hydrogens (tertiary/aromatic N) is 3. The van der Waals surface area contributed by atoms with Crippen LogP contribution in [0.3, 0.4) is 0 Å². The number of ether oxygens (including phenoxy) is 1. The fourth-order valence-corrected chi connectivity index (χ4v) is 2.69. The topological polar surface area (TPSA) is 38.2 Å². The van der Waals surface area contributed by atoms with Crippen molar-refractivity contribution in [1.82, 2.24) is 14.9 Å². The Bertz CT molecular complexity index is 579. The SMILES string of the molecule is ClCc1cncc(OC2CCN(Cc3ccccc3)C2)n1. The number of alkyl halides is 1. The first-order valence-electron chi connectivity index (χ1n) is 7.13. The first-order chi connectivity index (χ1) is 10.3. The van der Waals surface area contributed by atoms with E-state index in [1.807, 2.05) is 6.07 Å². The van der Waals surface area contributed by atoms with E-state index in [1.165, 1.54) is 5.56 Å². The molecule has 1 aromatic heterocycles. The van der Waals surface area contributed by atoms with Crippen LogP contribution in [0.5, 0.6) is 5.88 Å². The molecule has 4 nitrogen and oxygen atoms in total. The molecular weight excluding hydrogens is 286 g/mol. The first kappa shape index (κ1) is 14.3. The van der Waals surface area contributed by atoms with Crippen molar-refractivity contribution in [2.24, 2.45) is 0 Å². The highest BCUT2D eigenvalue weighted by Crippen LogP contribution is 2.18. The van der Waals surface area contributed by atoms with Crippen LogP contribution in [0.2, 0.25) is 0 Å². The van der Waals surface area contributed by atoms with E-state index in [0.717, 1.165) is 31.7 Å². The summed E-state index contributed by atoms with van der Waals surface area (Å²) in [5.41, 5.74) is 2.08. The van der Waals surface area contributed by atoms with Crippen molar-refractivity contribution in [2.45, 2.75) is 24.9 Å². The van der Waals surface area contributed by atoms with Crippen molar-refractivity contribution in [3.63, 3.8) is 0 Å². The summed E-state index contributed by atoms with van der Waals surface area (Å²) in [6.45, 7) is 2.93. The molecule has 1 fully saturated rings. The predicted octanol–water partition coefficient (Wildman–Crippen LogP) is 2.87. The second kappa shape index (κ2) is 6.87. The maximum atomic E-state index is 5.91. The van der Waals surface area contributed by atoms with Gasteiger partial charge < -0.3 is 4.74 Å². The Balaban J connectivity index is 1.54. The standard InChI is InChI=1S/C16H18ClN3O/c17-8-14-9-18-10-16(19-14)21-15-6-7-20(12-15)11-13-4-2-1-3-5-13/h1-5,9-10,15H,6-8,11-12H2. The van der Waals surface area contributed by atoms with Crippen molar-refractivity contribution in [2.75, 3.05) is 13.1 Å². The molecule has 3 rings (SSSR count). The molecule has 0 spiro atoms. The Morgan fingerprint density at radius 3 is 2.90 bits per heavy atom. The molecule has 2 aromatic rings. The van der Waals surface area contributed by atoms with Crippen LogP contribution in [0.4, 0.5) is 0 Å². The molecule has 1 aliphatic heterocycles. The summed E-state index contributed by atoms with van der Waals surface area (Å²) >= 11 is 5.76. The Morgan fingerprint density at radius 1 is 1.24 bits per heavy atom. The van der Waals surface area contributed by atoms with Crippen LogP contribution in [0.25, 0.3) is 0 Å². The van der Waals surface area contributed by atoms with Crippen molar-refractivity contribution in [1.29, 1.82) is 0 Å². The van der Waals surface area contributed by atoms with Gasteiger partial charge in [0.25, 0.3) is 0 Å². The molecular formula is C16H18ClN3O. The second-order valence-corrected chi connectivity index (χ2v) is 5.50. The zero-order valence-electron chi connectivity index (χ0n) is 11.8. The van der Waals surface area contributed by atoms with Gasteiger partial charge in [-0.3, -0.25) is 9.88 Å². The fourth-order valence-electron chi connectivity index (χ4n) is 2.56. The highest BCUT2D eigenvalue weighted by molar-refractivity contribution is 6.16. The minimum absolute atomic E-state index is 0.175. The third-order valence-corrected chi connectivity index (χ3v) is 3.84. The van der Waals surface area contributed by atoms with Crippen LogP contribution in [-0.4, -0.2) is 34.1 Å². The summed E-state index contributed by atoms with van der Waals surface area (Å²) in [6, 6.07) is 10.5. The zero-order chi connectivity index (χ0) is 14.5. The lowest BCUT2D eigenvalue weighted by molar-refractivity contribution is 0.190. The molecule has 1 aliphatic rings. The van der Waals surface area contributed by atoms with Gasteiger partial charge in [-0.25, -0.2) is 4.98 Å². The zero-order valence-corrected chi connectivity index (χ0v) is 12.5. The van der Waals surface area contributed by atoms with E-state index in [-0.39, 0.29) is 6.10 Å². The third-order valence-electron chi connectivity index (χ3n) is 3.56. The van der Waals surface area contributed by atoms with Gasteiger partial charge in [-0.2, -0.15) is 0 Å². The molecule has 1 aromatic carbocycles. The van der Waals surface area contributed by atoms with Gasteiger partial charge in [-0.05, 0) is 12.0 Å². The largest absolute Gasteiger partial charge is 0.472 e. The summed E-state index contributed by atoms with van der Waals surface area (Å²) in [6.07, 6.45) is 4.50. The molecule has 0 amide bonds. The lowest BCUT2D eigenvalue weighted by Crippen LogP contribution is -2.24. The average molecular weight is 304 g/mol. The number of hydrogen-bond donors (Lipinski definition) is 0. The smallest absolute Gasteiger partial charge is 0.232 e. The van der Waals surface area contributed by atoms with Crippen LogP contribution < -0.4 is 4.74 Å². The molecule has 21 heavy (non-hydrogen) atoms. The minimum Gasteiger partial charge on any atom is -0.472 e. The first-order valence-corrected chi connectivity index (χ1v) is 7.67. The maximum Gasteiger partial charge on any atom is 0.232 e. The summed E-state index contributed by atoms with van der Waals surface area (Å²) in [5, 5.41) is 0. The Morgan fingerprint density at radius 2 is 2.10 bits per heavy atom. The third kappa shape index (κ3) is 3.93. The highest BCUT2D eigenvalue weighted by atomic mass is 35.5. The van der Waals surface area contributed by atoms with Crippen molar-refractivity contribution < 1.29 is 4.74 Å². The summed E-state index contributed by atoms with van der Waals surface area (Å²) < 4.78 is 5.91. The van der Waals surface area contributed by atoms with Crippen LogP contribution in [-0.2, 0) is 12.4 Å². The molecule has 1 saturated heterocycles. The minimum atomic E-state index is 0.175. The van der Waals surface area contributed by atoms with Crippen LogP contribution in [0.15, 0.2) is 42.7 Å². The van der Waals surface area contributed by atoms with E-state index in [0.29, 0.717) is 11.8 Å². The van der Waals surface area contributed by atoms with Gasteiger partial charge in [-0.15, -0.1) is 11.6 Å². The molecule has 110 valence electrons. The van der Waals surface area contributed by atoms with Crippen molar-refractivity contribution in [3.05, 3.63) is 54.0 Å². The van der Waals surface area contributed by atoms with Gasteiger partial charge in [0.2, 0.25) is 5.88 Å². The number of benzene rings is 1.